The van der Waals surface area contributed by atoms with Gasteiger partial charge in [0.25, 0.3) is 0 Å². The Bertz CT molecular complexity index is 1400. The van der Waals surface area contributed by atoms with Crippen LogP contribution in [-0.4, -0.2) is 53.0 Å². The summed E-state index contributed by atoms with van der Waals surface area (Å²) < 4.78 is 2.57. The Balaban J connectivity index is 1.26. The molecule has 0 radical (unpaired) electrons. The van der Waals surface area contributed by atoms with Crippen LogP contribution in [0.1, 0.15) is 75.5 Å². The number of piperazine rings is 1. The van der Waals surface area contributed by atoms with E-state index in [0.29, 0.717) is 24.0 Å². The molecule has 2 saturated heterocycles. The summed E-state index contributed by atoms with van der Waals surface area (Å²) in [5.74, 6) is 4.40. The van der Waals surface area contributed by atoms with Gasteiger partial charge < -0.3 is 0 Å². The van der Waals surface area contributed by atoms with E-state index in [1.165, 1.54) is 76.4 Å². The van der Waals surface area contributed by atoms with Crippen LogP contribution >= 0.6 is 23.3 Å². The number of hydrogen-bond acceptors (Lipinski definition) is 6. The fourth-order valence-corrected chi connectivity index (χ4v) is 9.20. The molecule has 6 rings (SSSR count). The number of rotatable bonds is 6. The van der Waals surface area contributed by atoms with Crippen molar-refractivity contribution in [1.82, 2.24) is 9.29 Å². The second-order valence-electron chi connectivity index (χ2n) is 12.1. The second kappa shape index (κ2) is 12.4. The average molecular weight is 581 g/mol. The minimum absolute atomic E-state index is 0.459. The first-order valence-corrected chi connectivity index (χ1v) is 16.8. The first kappa shape index (κ1) is 28.6. The molecule has 0 bridgehead atoms. The Hall–Kier alpha value is -2.53. The van der Waals surface area contributed by atoms with Crippen molar-refractivity contribution in [2.45, 2.75) is 88.7 Å². The third kappa shape index (κ3) is 5.89. The Morgan fingerprint density at radius 1 is 1.17 bits per heavy atom. The monoisotopic (exact) mass is 580 g/mol. The first-order valence-electron chi connectivity index (χ1n) is 15.2. The Morgan fingerprint density at radius 2 is 1.95 bits per heavy atom. The van der Waals surface area contributed by atoms with Crippen LogP contribution in [0.4, 0.5) is 11.5 Å². The quantitative estimate of drug-likeness (QED) is 0.151. The van der Waals surface area contributed by atoms with Crippen LogP contribution in [0.5, 0.6) is 0 Å². The molecule has 41 heavy (non-hydrogen) atoms. The van der Waals surface area contributed by atoms with E-state index < -0.39 is 0 Å². The number of nitrogens with zero attached hydrogens (tertiary/aromatic N) is 4. The van der Waals surface area contributed by atoms with Gasteiger partial charge in [0.15, 0.2) is 0 Å². The van der Waals surface area contributed by atoms with Gasteiger partial charge in [-0.1, -0.05) is 0 Å². The summed E-state index contributed by atoms with van der Waals surface area (Å²) in [5.41, 5.74) is 5.09. The number of aromatic nitrogens is 1. The zero-order valence-electron chi connectivity index (χ0n) is 24.7. The summed E-state index contributed by atoms with van der Waals surface area (Å²) in [5, 5.41) is 0. The maximum atomic E-state index is 5.41. The van der Waals surface area contributed by atoms with Gasteiger partial charge in [-0.15, -0.1) is 0 Å². The van der Waals surface area contributed by atoms with Crippen LogP contribution in [0.25, 0.3) is 11.0 Å². The van der Waals surface area contributed by atoms with Crippen molar-refractivity contribution in [1.29, 1.82) is 0 Å². The minimum atomic E-state index is 0.459. The molecule has 0 spiro atoms. The summed E-state index contributed by atoms with van der Waals surface area (Å²) in [7, 11) is 0. The molecule has 1 saturated carbocycles. The van der Waals surface area contributed by atoms with Crippen molar-refractivity contribution in [2.24, 2.45) is 5.92 Å². The molecule has 2 aromatic rings. The van der Waals surface area contributed by atoms with E-state index in [2.05, 4.69) is 84.8 Å². The molecular weight excluding hydrogens is 539 g/mol. The number of pyridine rings is 1. The predicted octanol–water partition coefficient (Wildman–Crippen LogP) is 7.71. The van der Waals surface area contributed by atoms with Crippen molar-refractivity contribution < 1.29 is 0 Å². The molecule has 3 aliphatic heterocycles. The van der Waals surface area contributed by atoms with Gasteiger partial charge in [0.05, 0.1) is 0 Å². The molecule has 4 nitrogen and oxygen atoms in total. The first-order chi connectivity index (χ1) is 19.9. The van der Waals surface area contributed by atoms with Gasteiger partial charge in [-0.3, -0.25) is 0 Å². The number of fused-ring (bicyclic) bond motifs is 3. The number of anilines is 2. The standard InChI is InChI=1S/C34H41BN4S2/c1-6-7-9-12-23(2)31-19-29-34(40-31)26(5)35-32-22-37(21-30(39(29)32)27-13-10-8-11-14-27)41-28-17-18-33(36-20-28)38-24(3)15-16-25(38)4/h1,7,9,12,17-20,24-25,27,30H,5,8,10-11,13-16,21-22H2,2-4H3/b9-7-,23-12+. The molecular formula is C34H41BN4S2. The third-order valence-corrected chi connectivity index (χ3v) is 11.6. The van der Waals surface area contributed by atoms with Gasteiger partial charge >= 0.3 is 256 Å². The molecule has 3 fully saturated rings. The maximum absolute atomic E-state index is 5.41. The fraction of sp³-hybridized carbons (Fsp3) is 0.471. The molecule has 4 aliphatic rings. The molecule has 3 unspecified atom stereocenters. The van der Waals surface area contributed by atoms with E-state index in [4.69, 9.17) is 11.4 Å². The van der Waals surface area contributed by atoms with Gasteiger partial charge in [0.1, 0.15) is 0 Å². The van der Waals surface area contributed by atoms with E-state index in [1.54, 1.807) is 6.08 Å². The molecule has 0 N–H and O–H groups in total. The fourth-order valence-electron chi connectivity index (χ4n) is 7.18. The summed E-state index contributed by atoms with van der Waals surface area (Å²) in [6.45, 7) is 15.6. The van der Waals surface area contributed by atoms with Crippen molar-refractivity contribution >= 4 is 58.3 Å². The van der Waals surface area contributed by atoms with E-state index in [-0.39, 0.29) is 0 Å². The topological polar surface area (TPSA) is 22.6 Å². The van der Waals surface area contributed by atoms with Crippen molar-refractivity contribution in [3.63, 3.8) is 0 Å². The third-order valence-electron chi connectivity index (χ3n) is 9.27. The summed E-state index contributed by atoms with van der Waals surface area (Å²) >= 11 is 3.73. The molecule has 3 atom stereocenters. The Morgan fingerprint density at radius 3 is 2.66 bits per heavy atom. The second-order valence-corrected chi connectivity index (χ2v) is 14.4. The molecule has 0 aromatic carbocycles. The number of terminal acetylenes is 1. The number of allylic oxidation sites excluding steroid dienone is 4. The SMILES string of the molecule is C#C/C=C\C=C(/C)c1cc2c(s1)C(=C)B=C1CN(Sc3ccc(N4C(C)CCC4C)nc3)CC(C3CCCCC3)N12. The summed E-state index contributed by atoms with van der Waals surface area (Å²) in [4.78, 5) is 13.9. The number of thiophene rings is 1. The summed E-state index contributed by atoms with van der Waals surface area (Å²) in [6, 6.07) is 8.48. The van der Waals surface area contributed by atoms with E-state index >= 15 is 0 Å². The Labute approximate surface area is 255 Å². The van der Waals surface area contributed by atoms with Gasteiger partial charge in [0, 0.05) is 0 Å². The normalized spacial score (nSPS) is 25.6. The molecule has 1 aliphatic carbocycles. The van der Waals surface area contributed by atoms with Crippen molar-refractivity contribution in [2.75, 3.05) is 22.9 Å². The zero-order chi connectivity index (χ0) is 28.5. The average Bonchev–Trinajstić information content (AvgIpc) is 3.57. The van der Waals surface area contributed by atoms with Crippen LogP contribution in [-0.2, 0) is 0 Å². The van der Waals surface area contributed by atoms with Crippen LogP contribution in [0.2, 0.25) is 0 Å². The molecule has 0 amide bonds. The van der Waals surface area contributed by atoms with Crippen LogP contribution in [0, 0.1) is 18.3 Å². The molecule has 212 valence electrons. The van der Waals surface area contributed by atoms with Gasteiger partial charge in [-0.2, -0.15) is 0 Å². The number of hydrogen-bond donors (Lipinski definition) is 0. The van der Waals surface area contributed by atoms with Gasteiger partial charge in [-0.05, 0) is 0 Å². The van der Waals surface area contributed by atoms with E-state index in [0.717, 1.165) is 24.4 Å². The molecule has 5 heterocycles. The van der Waals surface area contributed by atoms with Crippen LogP contribution in [0.3, 0.4) is 0 Å². The van der Waals surface area contributed by atoms with Crippen molar-refractivity contribution in [3.8, 4) is 12.3 Å². The van der Waals surface area contributed by atoms with Crippen molar-refractivity contribution in [3.05, 3.63) is 59.0 Å². The molecule has 7 heteroatoms. The van der Waals surface area contributed by atoms with E-state index in [9.17, 15) is 0 Å². The Kier molecular flexibility index (Phi) is 8.63. The summed E-state index contributed by atoms with van der Waals surface area (Å²) in [6.07, 6.45) is 22.5. The van der Waals surface area contributed by atoms with Gasteiger partial charge in [-0.25, -0.2) is 0 Å². The predicted molar refractivity (Wildman–Crippen MR) is 181 cm³/mol. The van der Waals surface area contributed by atoms with E-state index in [1.807, 2.05) is 29.4 Å². The van der Waals surface area contributed by atoms with Crippen LogP contribution < -0.4 is 9.80 Å². The van der Waals surface area contributed by atoms with Gasteiger partial charge in [0.2, 0.25) is 0 Å². The van der Waals surface area contributed by atoms with Crippen LogP contribution in [0.15, 0.2) is 54.1 Å². The zero-order valence-corrected chi connectivity index (χ0v) is 26.3. The molecule has 2 aromatic heterocycles.